The number of benzene rings is 2. The SMILES string of the molecule is CCc1ccc(CN(C)C(=O)CSc2nnc(-c3ccc(Cl)cc3)n2C)cc1. The van der Waals surface area contributed by atoms with Gasteiger partial charge in [0, 0.05) is 31.2 Å². The highest BCUT2D eigenvalue weighted by molar-refractivity contribution is 7.99. The van der Waals surface area contributed by atoms with Gasteiger partial charge in [-0.15, -0.1) is 10.2 Å². The zero-order valence-electron chi connectivity index (χ0n) is 16.2. The Balaban J connectivity index is 1.58. The number of aryl methyl sites for hydroxylation is 1. The average Bonchev–Trinajstić information content (AvgIpc) is 3.07. The highest BCUT2D eigenvalue weighted by Crippen LogP contribution is 2.24. The van der Waals surface area contributed by atoms with Gasteiger partial charge in [-0.2, -0.15) is 0 Å². The van der Waals surface area contributed by atoms with Crippen LogP contribution in [0.3, 0.4) is 0 Å². The molecule has 5 nitrogen and oxygen atoms in total. The molecule has 1 amide bonds. The van der Waals surface area contributed by atoms with Crippen LogP contribution in [-0.2, 0) is 24.8 Å². The quantitative estimate of drug-likeness (QED) is 0.536. The van der Waals surface area contributed by atoms with E-state index in [0.717, 1.165) is 23.4 Å². The standard InChI is InChI=1S/C21H23ClN4OS/c1-4-15-5-7-16(8-6-15)13-25(2)19(27)14-28-21-24-23-20(26(21)3)17-9-11-18(22)12-10-17/h5-12H,4,13-14H2,1-3H3. The summed E-state index contributed by atoms with van der Waals surface area (Å²) >= 11 is 7.33. The monoisotopic (exact) mass is 414 g/mol. The third kappa shape index (κ3) is 4.94. The lowest BCUT2D eigenvalue weighted by Crippen LogP contribution is -2.27. The molecule has 146 valence electrons. The molecule has 0 spiro atoms. The van der Waals surface area contributed by atoms with E-state index in [1.54, 1.807) is 4.90 Å². The predicted molar refractivity (Wildman–Crippen MR) is 114 cm³/mol. The number of amides is 1. The predicted octanol–water partition coefficient (Wildman–Crippen LogP) is 4.45. The van der Waals surface area contributed by atoms with Crippen LogP contribution in [-0.4, -0.2) is 38.4 Å². The Morgan fingerprint density at radius 2 is 1.71 bits per heavy atom. The maximum absolute atomic E-state index is 12.5. The fourth-order valence-corrected chi connectivity index (χ4v) is 3.75. The molecular weight excluding hydrogens is 392 g/mol. The van der Waals surface area contributed by atoms with Crippen molar-refractivity contribution in [2.75, 3.05) is 12.8 Å². The molecule has 7 heteroatoms. The number of carbonyl (C=O) groups is 1. The minimum Gasteiger partial charge on any atom is -0.341 e. The van der Waals surface area contributed by atoms with Crippen LogP contribution in [0.5, 0.6) is 0 Å². The van der Waals surface area contributed by atoms with Crippen molar-refractivity contribution in [2.24, 2.45) is 7.05 Å². The third-order valence-corrected chi connectivity index (χ3v) is 5.80. The van der Waals surface area contributed by atoms with Crippen LogP contribution in [0.2, 0.25) is 5.02 Å². The van der Waals surface area contributed by atoms with E-state index in [9.17, 15) is 4.79 Å². The summed E-state index contributed by atoms with van der Waals surface area (Å²) in [4.78, 5) is 14.2. The van der Waals surface area contributed by atoms with Crippen LogP contribution in [0.1, 0.15) is 18.1 Å². The second-order valence-corrected chi connectivity index (χ2v) is 7.96. The summed E-state index contributed by atoms with van der Waals surface area (Å²) in [5.41, 5.74) is 3.36. The summed E-state index contributed by atoms with van der Waals surface area (Å²) in [6.07, 6.45) is 1.02. The van der Waals surface area contributed by atoms with Gasteiger partial charge < -0.3 is 9.47 Å². The second-order valence-electron chi connectivity index (χ2n) is 6.58. The summed E-state index contributed by atoms with van der Waals surface area (Å²) in [7, 11) is 3.72. The zero-order valence-corrected chi connectivity index (χ0v) is 17.8. The van der Waals surface area contributed by atoms with Gasteiger partial charge in [0.1, 0.15) is 0 Å². The Kier molecular flexibility index (Phi) is 6.75. The van der Waals surface area contributed by atoms with Crippen molar-refractivity contribution in [1.29, 1.82) is 0 Å². The van der Waals surface area contributed by atoms with E-state index in [0.29, 0.717) is 22.5 Å². The van der Waals surface area contributed by atoms with Crippen LogP contribution < -0.4 is 0 Å². The molecule has 0 saturated heterocycles. The molecule has 0 atom stereocenters. The molecule has 0 fully saturated rings. The van der Waals surface area contributed by atoms with Crippen molar-refractivity contribution in [2.45, 2.75) is 25.0 Å². The first-order valence-corrected chi connectivity index (χ1v) is 10.4. The van der Waals surface area contributed by atoms with Crippen LogP contribution in [0, 0.1) is 0 Å². The van der Waals surface area contributed by atoms with Gasteiger partial charge in [-0.25, -0.2) is 0 Å². The smallest absolute Gasteiger partial charge is 0.233 e. The Bertz CT molecular complexity index is 938. The number of aromatic nitrogens is 3. The fraction of sp³-hybridized carbons (Fsp3) is 0.286. The number of carbonyl (C=O) groups excluding carboxylic acids is 1. The largest absolute Gasteiger partial charge is 0.341 e. The number of halogens is 1. The molecule has 3 aromatic rings. The summed E-state index contributed by atoms with van der Waals surface area (Å²) in [5.74, 6) is 1.12. The normalized spacial score (nSPS) is 10.9. The number of thioether (sulfide) groups is 1. The van der Waals surface area contributed by atoms with Gasteiger partial charge in [-0.05, 0) is 41.8 Å². The van der Waals surface area contributed by atoms with Gasteiger partial charge in [0.25, 0.3) is 0 Å². The van der Waals surface area contributed by atoms with E-state index < -0.39 is 0 Å². The van der Waals surface area contributed by atoms with E-state index in [4.69, 9.17) is 11.6 Å². The highest BCUT2D eigenvalue weighted by atomic mass is 35.5. The molecule has 0 unspecified atom stereocenters. The Morgan fingerprint density at radius 1 is 1.07 bits per heavy atom. The van der Waals surface area contributed by atoms with Crippen LogP contribution in [0.25, 0.3) is 11.4 Å². The van der Waals surface area contributed by atoms with Gasteiger partial charge in [0.2, 0.25) is 5.91 Å². The van der Waals surface area contributed by atoms with Crippen molar-refractivity contribution in [3.63, 3.8) is 0 Å². The van der Waals surface area contributed by atoms with E-state index in [2.05, 4.69) is 41.4 Å². The summed E-state index contributed by atoms with van der Waals surface area (Å²) in [6.45, 7) is 2.73. The van der Waals surface area contributed by atoms with Crippen molar-refractivity contribution in [3.8, 4) is 11.4 Å². The zero-order chi connectivity index (χ0) is 20.1. The van der Waals surface area contributed by atoms with E-state index in [-0.39, 0.29) is 5.91 Å². The van der Waals surface area contributed by atoms with E-state index in [1.165, 1.54) is 17.3 Å². The van der Waals surface area contributed by atoms with Gasteiger partial charge in [0.15, 0.2) is 11.0 Å². The first-order valence-electron chi connectivity index (χ1n) is 9.08. The van der Waals surface area contributed by atoms with Gasteiger partial charge >= 0.3 is 0 Å². The van der Waals surface area contributed by atoms with Crippen LogP contribution in [0.15, 0.2) is 53.7 Å². The number of nitrogens with zero attached hydrogens (tertiary/aromatic N) is 4. The highest BCUT2D eigenvalue weighted by Gasteiger charge is 2.15. The van der Waals surface area contributed by atoms with Gasteiger partial charge in [-0.3, -0.25) is 4.79 Å². The molecule has 0 aliphatic rings. The van der Waals surface area contributed by atoms with E-state index in [1.807, 2.05) is 42.9 Å². The lowest BCUT2D eigenvalue weighted by molar-refractivity contribution is -0.127. The molecule has 0 aliphatic carbocycles. The van der Waals surface area contributed by atoms with Crippen molar-refractivity contribution in [3.05, 3.63) is 64.7 Å². The molecule has 0 bridgehead atoms. The maximum atomic E-state index is 12.5. The van der Waals surface area contributed by atoms with Crippen molar-refractivity contribution < 1.29 is 4.79 Å². The average molecular weight is 415 g/mol. The Hall–Kier alpha value is -2.31. The molecule has 1 heterocycles. The minimum absolute atomic E-state index is 0.0561. The third-order valence-electron chi connectivity index (χ3n) is 4.54. The molecule has 1 aromatic heterocycles. The Morgan fingerprint density at radius 3 is 2.36 bits per heavy atom. The molecule has 3 rings (SSSR count). The van der Waals surface area contributed by atoms with Crippen LogP contribution >= 0.6 is 23.4 Å². The summed E-state index contributed by atoms with van der Waals surface area (Å²) in [5, 5.41) is 9.85. The summed E-state index contributed by atoms with van der Waals surface area (Å²) < 4.78 is 1.89. The maximum Gasteiger partial charge on any atom is 0.233 e. The lowest BCUT2D eigenvalue weighted by atomic mass is 10.1. The molecule has 2 aromatic carbocycles. The fourth-order valence-electron chi connectivity index (χ4n) is 2.77. The molecular formula is C21H23ClN4OS. The molecule has 0 N–H and O–H groups in total. The number of hydrogen-bond acceptors (Lipinski definition) is 4. The Labute approximate surface area is 174 Å². The lowest BCUT2D eigenvalue weighted by Gasteiger charge is -2.17. The second kappa shape index (κ2) is 9.26. The van der Waals surface area contributed by atoms with E-state index >= 15 is 0 Å². The number of hydrogen-bond donors (Lipinski definition) is 0. The van der Waals surface area contributed by atoms with Crippen molar-refractivity contribution in [1.82, 2.24) is 19.7 Å². The summed E-state index contributed by atoms with van der Waals surface area (Å²) in [6, 6.07) is 15.8. The minimum atomic E-state index is 0.0561. The topological polar surface area (TPSA) is 51.0 Å². The first kappa shape index (κ1) is 20.4. The molecule has 0 saturated carbocycles. The van der Waals surface area contributed by atoms with Gasteiger partial charge in [-0.1, -0.05) is 54.6 Å². The molecule has 28 heavy (non-hydrogen) atoms. The molecule has 0 radical (unpaired) electrons. The molecule has 0 aliphatic heterocycles. The first-order chi connectivity index (χ1) is 13.5. The number of rotatable bonds is 7. The van der Waals surface area contributed by atoms with Crippen LogP contribution in [0.4, 0.5) is 0 Å². The van der Waals surface area contributed by atoms with Crippen molar-refractivity contribution >= 4 is 29.3 Å². The van der Waals surface area contributed by atoms with Gasteiger partial charge in [0.05, 0.1) is 5.75 Å².